The lowest BCUT2D eigenvalue weighted by atomic mass is 10.1. The summed E-state index contributed by atoms with van der Waals surface area (Å²) in [5.41, 5.74) is 1.23. The van der Waals surface area contributed by atoms with Crippen molar-refractivity contribution in [2.75, 3.05) is 6.54 Å². The largest absolute Gasteiger partial charge is 0.393 e. The van der Waals surface area contributed by atoms with Crippen LogP contribution < -0.4 is 5.32 Å². The van der Waals surface area contributed by atoms with E-state index in [2.05, 4.69) is 17.2 Å². The summed E-state index contributed by atoms with van der Waals surface area (Å²) in [5, 5.41) is 12.4. The van der Waals surface area contributed by atoms with Crippen LogP contribution in [0, 0.1) is 0 Å². The number of aromatic nitrogens is 1. The lowest BCUT2D eigenvalue weighted by Gasteiger charge is -2.14. The van der Waals surface area contributed by atoms with Crippen molar-refractivity contribution in [1.82, 2.24) is 10.3 Å². The Kier molecular flexibility index (Phi) is 4.56. The van der Waals surface area contributed by atoms with E-state index in [1.165, 1.54) is 5.56 Å². The second-order valence-corrected chi connectivity index (χ2v) is 3.59. The van der Waals surface area contributed by atoms with Gasteiger partial charge in [-0.1, -0.05) is 0 Å². The molecule has 0 aliphatic carbocycles. The van der Waals surface area contributed by atoms with Crippen molar-refractivity contribution in [2.45, 2.75) is 32.4 Å². The predicted octanol–water partition coefficient (Wildman–Crippen LogP) is 1.50. The number of hydrogen-bond acceptors (Lipinski definition) is 3. The molecule has 2 atom stereocenters. The fraction of sp³-hybridized carbons (Fsp3) is 0.545. The SMILES string of the molecule is C[C@H](O)CCN[C@H](C)c1ccncc1. The minimum atomic E-state index is -0.229. The van der Waals surface area contributed by atoms with E-state index >= 15 is 0 Å². The summed E-state index contributed by atoms with van der Waals surface area (Å²) >= 11 is 0. The van der Waals surface area contributed by atoms with Gasteiger partial charge in [0.05, 0.1) is 6.10 Å². The number of nitrogens with one attached hydrogen (secondary N) is 1. The molecule has 0 spiro atoms. The van der Waals surface area contributed by atoms with Crippen molar-refractivity contribution in [3.8, 4) is 0 Å². The molecule has 78 valence electrons. The Morgan fingerprint density at radius 1 is 1.36 bits per heavy atom. The first kappa shape index (κ1) is 11.1. The van der Waals surface area contributed by atoms with Crippen molar-refractivity contribution < 1.29 is 5.11 Å². The molecule has 1 rings (SSSR count). The average Bonchev–Trinajstić information content (AvgIpc) is 2.18. The molecule has 0 bridgehead atoms. The third kappa shape index (κ3) is 3.85. The van der Waals surface area contributed by atoms with Gasteiger partial charge in [-0.15, -0.1) is 0 Å². The second kappa shape index (κ2) is 5.73. The fourth-order valence-electron chi connectivity index (χ4n) is 1.28. The van der Waals surface area contributed by atoms with E-state index in [9.17, 15) is 0 Å². The molecule has 0 aliphatic rings. The van der Waals surface area contributed by atoms with Gasteiger partial charge in [0.15, 0.2) is 0 Å². The van der Waals surface area contributed by atoms with E-state index in [-0.39, 0.29) is 6.10 Å². The summed E-state index contributed by atoms with van der Waals surface area (Å²) in [4.78, 5) is 3.97. The highest BCUT2D eigenvalue weighted by molar-refractivity contribution is 5.13. The molecule has 0 amide bonds. The first-order valence-corrected chi connectivity index (χ1v) is 5.01. The lowest BCUT2D eigenvalue weighted by Crippen LogP contribution is -2.22. The maximum Gasteiger partial charge on any atom is 0.0524 e. The average molecular weight is 194 g/mol. The number of aliphatic hydroxyl groups excluding tert-OH is 1. The summed E-state index contributed by atoms with van der Waals surface area (Å²) in [7, 11) is 0. The summed E-state index contributed by atoms with van der Waals surface area (Å²) in [5.74, 6) is 0. The zero-order chi connectivity index (χ0) is 10.4. The van der Waals surface area contributed by atoms with Crippen LogP contribution in [0.2, 0.25) is 0 Å². The van der Waals surface area contributed by atoms with Crippen LogP contribution >= 0.6 is 0 Å². The smallest absolute Gasteiger partial charge is 0.0524 e. The molecule has 14 heavy (non-hydrogen) atoms. The van der Waals surface area contributed by atoms with Crippen LogP contribution in [0.5, 0.6) is 0 Å². The monoisotopic (exact) mass is 194 g/mol. The Morgan fingerprint density at radius 2 is 2.00 bits per heavy atom. The molecule has 0 aromatic carbocycles. The normalized spacial score (nSPS) is 15.1. The van der Waals surface area contributed by atoms with Crippen molar-refractivity contribution >= 4 is 0 Å². The van der Waals surface area contributed by atoms with Crippen LogP contribution in [0.1, 0.15) is 31.9 Å². The van der Waals surface area contributed by atoms with Crippen LogP contribution in [0.15, 0.2) is 24.5 Å². The molecule has 1 heterocycles. The third-order valence-electron chi connectivity index (χ3n) is 2.22. The summed E-state index contributed by atoms with van der Waals surface area (Å²) in [6.45, 7) is 4.75. The third-order valence-corrected chi connectivity index (χ3v) is 2.22. The van der Waals surface area contributed by atoms with Crippen molar-refractivity contribution in [3.63, 3.8) is 0 Å². The van der Waals surface area contributed by atoms with Gasteiger partial charge in [-0.2, -0.15) is 0 Å². The van der Waals surface area contributed by atoms with E-state index in [1.807, 2.05) is 12.1 Å². The molecule has 0 unspecified atom stereocenters. The maximum atomic E-state index is 9.09. The quantitative estimate of drug-likeness (QED) is 0.746. The second-order valence-electron chi connectivity index (χ2n) is 3.59. The first-order chi connectivity index (χ1) is 6.70. The molecule has 0 saturated carbocycles. The van der Waals surface area contributed by atoms with Crippen molar-refractivity contribution in [2.24, 2.45) is 0 Å². The van der Waals surface area contributed by atoms with E-state index in [4.69, 9.17) is 5.11 Å². The standard InChI is InChI=1S/C11H18N2O/c1-9(14)3-8-13-10(2)11-4-6-12-7-5-11/h4-7,9-10,13-14H,3,8H2,1-2H3/t9-,10+/m0/s1. The molecule has 0 fully saturated rings. The van der Waals surface area contributed by atoms with Crippen molar-refractivity contribution in [1.29, 1.82) is 0 Å². The minimum absolute atomic E-state index is 0.229. The Morgan fingerprint density at radius 3 is 2.57 bits per heavy atom. The summed E-state index contributed by atoms with van der Waals surface area (Å²) in [6, 6.07) is 4.32. The molecule has 3 nitrogen and oxygen atoms in total. The van der Waals surface area contributed by atoms with E-state index in [0.29, 0.717) is 6.04 Å². The van der Waals surface area contributed by atoms with Gasteiger partial charge >= 0.3 is 0 Å². The maximum absolute atomic E-state index is 9.09. The number of hydrogen-bond donors (Lipinski definition) is 2. The van der Waals surface area contributed by atoms with Gasteiger partial charge < -0.3 is 10.4 Å². The van der Waals surface area contributed by atoms with Gasteiger partial charge in [-0.05, 0) is 44.5 Å². The van der Waals surface area contributed by atoms with Gasteiger partial charge in [0, 0.05) is 18.4 Å². The number of nitrogens with zero attached hydrogens (tertiary/aromatic N) is 1. The molecule has 0 aliphatic heterocycles. The highest BCUT2D eigenvalue weighted by Crippen LogP contribution is 2.09. The van der Waals surface area contributed by atoms with Gasteiger partial charge in [-0.25, -0.2) is 0 Å². The molecule has 1 aromatic heterocycles. The topological polar surface area (TPSA) is 45.1 Å². The molecule has 0 radical (unpaired) electrons. The number of rotatable bonds is 5. The van der Waals surface area contributed by atoms with Gasteiger partial charge in [0.1, 0.15) is 0 Å². The van der Waals surface area contributed by atoms with E-state index in [1.54, 1.807) is 19.3 Å². The number of aliphatic hydroxyl groups is 1. The van der Waals surface area contributed by atoms with Gasteiger partial charge in [-0.3, -0.25) is 4.98 Å². The van der Waals surface area contributed by atoms with Crippen molar-refractivity contribution in [3.05, 3.63) is 30.1 Å². The molecule has 1 aromatic rings. The number of pyridine rings is 1. The molecule has 0 saturated heterocycles. The fourth-order valence-corrected chi connectivity index (χ4v) is 1.28. The summed E-state index contributed by atoms with van der Waals surface area (Å²) < 4.78 is 0. The van der Waals surface area contributed by atoms with Gasteiger partial charge in [0.2, 0.25) is 0 Å². The molecule has 2 N–H and O–H groups in total. The molecular formula is C11H18N2O. The van der Waals surface area contributed by atoms with E-state index in [0.717, 1.165) is 13.0 Å². The highest BCUT2D eigenvalue weighted by Gasteiger charge is 2.03. The highest BCUT2D eigenvalue weighted by atomic mass is 16.3. The minimum Gasteiger partial charge on any atom is -0.393 e. The van der Waals surface area contributed by atoms with Crippen LogP contribution in [0.4, 0.5) is 0 Å². The first-order valence-electron chi connectivity index (χ1n) is 5.01. The van der Waals surface area contributed by atoms with E-state index < -0.39 is 0 Å². The Labute approximate surface area is 85.2 Å². The van der Waals surface area contributed by atoms with Crippen LogP contribution in [0.3, 0.4) is 0 Å². The molecular weight excluding hydrogens is 176 g/mol. The molecule has 3 heteroatoms. The van der Waals surface area contributed by atoms with Gasteiger partial charge in [0.25, 0.3) is 0 Å². The Bertz CT molecular complexity index is 249. The summed E-state index contributed by atoms with van der Waals surface area (Å²) in [6.07, 6.45) is 4.15. The lowest BCUT2D eigenvalue weighted by molar-refractivity contribution is 0.182. The van der Waals surface area contributed by atoms with Crippen LogP contribution in [0.25, 0.3) is 0 Å². The predicted molar refractivity (Wildman–Crippen MR) is 57.0 cm³/mol. The van der Waals surface area contributed by atoms with Crippen LogP contribution in [-0.2, 0) is 0 Å². The Balaban J connectivity index is 2.32. The Hall–Kier alpha value is -0.930. The zero-order valence-electron chi connectivity index (χ0n) is 8.77. The zero-order valence-corrected chi connectivity index (χ0v) is 8.77. The van der Waals surface area contributed by atoms with Crippen LogP contribution in [-0.4, -0.2) is 22.7 Å².